The summed E-state index contributed by atoms with van der Waals surface area (Å²) in [6.07, 6.45) is 9.10. The highest BCUT2D eigenvalue weighted by molar-refractivity contribution is 7.17. The molecule has 0 radical (unpaired) electrons. The van der Waals surface area contributed by atoms with Gasteiger partial charge in [0.1, 0.15) is 5.75 Å². The minimum absolute atomic E-state index is 0.431. The Bertz CT molecular complexity index is 1240. The van der Waals surface area contributed by atoms with Crippen molar-refractivity contribution in [3.63, 3.8) is 0 Å². The minimum Gasteiger partial charge on any atom is -0.507 e. The summed E-state index contributed by atoms with van der Waals surface area (Å²) in [6, 6.07) is 19.0. The molecule has 2 aliphatic carbocycles. The number of allylic oxidation sites excluding steroid dienone is 4. The predicted octanol–water partition coefficient (Wildman–Crippen LogP) is 7.80. The van der Waals surface area contributed by atoms with Crippen LogP contribution in [0.15, 0.2) is 77.7 Å². The van der Waals surface area contributed by atoms with Gasteiger partial charge in [-0.2, -0.15) is 0 Å². The molecule has 0 aliphatic heterocycles. The Kier molecular flexibility index (Phi) is 4.73. The number of hydrogen-bond acceptors (Lipinski definition) is 2. The molecular weight excluding hydrogens is 372 g/mol. The smallest absolute Gasteiger partial charge is 0.123 e. The van der Waals surface area contributed by atoms with Gasteiger partial charge in [-0.05, 0) is 89.2 Å². The molecule has 4 aromatic rings. The van der Waals surface area contributed by atoms with Gasteiger partial charge in [-0.15, -0.1) is 11.3 Å². The number of phenolic OH excluding ortho intramolecular Hbond substituents is 1. The van der Waals surface area contributed by atoms with Gasteiger partial charge in [0.15, 0.2) is 0 Å². The van der Waals surface area contributed by atoms with E-state index in [4.69, 9.17) is 0 Å². The first-order valence-electron chi connectivity index (χ1n) is 10.3. The molecule has 0 amide bonds. The maximum atomic E-state index is 10.4. The maximum absolute atomic E-state index is 10.4. The molecule has 0 spiro atoms. The highest BCUT2D eigenvalue weighted by Gasteiger charge is 2.21. The maximum Gasteiger partial charge on any atom is 0.123 e. The molecule has 0 bridgehead atoms. The van der Waals surface area contributed by atoms with Crippen LogP contribution in [0.25, 0.3) is 26.4 Å². The highest BCUT2D eigenvalue weighted by Crippen LogP contribution is 2.42. The minimum atomic E-state index is 0.431. The van der Waals surface area contributed by atoms with Crippen LogP contribution in [0.2, 0.25) is 0 Å². The van der Waals surface area contributed by atoms with Gasteiger partial charge in [0, 0.05) is 10.1 Å². The van der Waals surface area contributed by atoms with E-state index in [-0.39, 0.29) is 0 Å². The first-order chi connectivity index (χ1) is 14.2. The van der Waals surface area contributed by atoms with E-state index in [1.165, 1.54) is 39.6 Å². The van der Waals surface area contributed by atoms with Gasteiger partial charge in [-0.3, -0.25) is 0 Å². The zero-order valence-corrected chi connectivity index (χ0v) is 17.4. The third-order valence-electron chi connectivity index (χ3n) is 5.96. The van der Waals surface area contributed by atoms with Crippen molar-refractivity contribution in [2.75, 3.05) is 0 Å². The molecule has 1 aromatic heterocycles. The standard InChI is InChI=1S/C19H18O.C8H6S/c1-12-10-14-7-8-16-15-5-3-2-4-13(15)6-9-17(16)19(14)18(20)11-12;1-2-4-8-7(3-1)5-6-9-8/h3,5,7-8,10-11,20H,2,4,6,9H2,1H3;1-6H. The quantitative estimate of drug-likeness (QED) is 0.321. The molecule has 0 fully saturated rings. The predicted molar refractivity (Wildman–Crippen MR) is 126 cm³/mol. The molecule has 0 saturated heterocycles. The van der Waals surface area contributed by atoms with E-state index < -0.39 is 0 Å². The van der Waals surface area contributed by atoms with Crippen LogP contribution in [0, 0.1) is 6.92 Å². The van der Waals surface area contributed by atoms with Crippen molar-refractivity contribution in [3.05, 3.63) is 94.4 Å². The molecule has 1 N–H and O–H groups in total. The van der Waals surface area contributed by atoms with Crippen LogP contribution >= 0.6 is 11.3 Å². The van der Waals surface area contributed by atoms with E-state index in [1.54, 1.807) is 16.9 Å². The van der Waals surface area contributed by atoms with Crippen LogP contribution < -0.4 is 0 Å². The van der Waals surface area contributed by atoms with Crippen LogP contribution in [-0.2, 0) is 6.42 Å². The van der Waals surface area contributed by atoms with E-state index in [1.807, 2.05) is 13.0 Å². The monoisotopic (exact) mass is 396 g/mol. The van der Waals surface area contributed by atoms with Crippen molar-refractivity contribution in [2.24, 2.45) is 0 Å². The first-order valence-corrected chi connectivity index (χ1v) is 11.1. The second-order valence-electron chi connectivity index (χ2n) is 7.89. The second kappa shape index (κ2) is 7.53. The SMILES string of the molecule is Cc1cc(O)c2c3c(ccc2c1)C1=C(CCC=C1)CC3.c1ccc2sccc2c1. The fraction of sp³-hybridized carbons (Fsp3) is 0.185. The molecule has 2 aliphatic rings. The zero-order valence-electron chi connectivity index (χ0n) is 16.6. The Morgan fingerprint density at radius 2 is 1.79 bits per heavy atom. The van der Waals surface area contributed by atoms with Gasteiger partial charge in [-0.1, -0.05) is 54.1 Å². The first kappa shape index (κ1) is 18.2. The summed E-state index contributed by atoms with van der Waals surface area (Å²) in [6.45, 7) is 2.03. The molecule has 0 unspecified atom stereocenters. The van der Waals surface area contributed by atoms with Gasteiger partial charge in [0.2, 0.25) is 0 Å². The molecule has 0 atom stereocenters. The lowest BCUT2D eigenvalue weighted by molar-refractivity contribution is 0.481. The molecule has 2 heteroatoms. The lowest BCUT2D eigenvalue weighted by Crippen LogP contribution is -2.07. The number of hydrogen-bond donors (Lipinski definition) is 1. The Balaban J connectivity index is 0.000000168. The number of rotatable bonds is 0. The summed E-state index contributed by atoms with van der Waals surface area (Å²) < 4.78 is 1.37. The van der Waals surface area contributed by atoms with Gasteiger partial charge >= 0.3 is 0 Å². The molecule has 29 heavy (non-hydrogen) atoms. The second-order valence-corrected chi connectivity index (χ2v) is 8.84. The Morgan fingerprint density at radius 3 is 2.69 bits per heavy atom. The highest BCUT2D eigenvalue weighted by atomic mass is 32.1. The van der Waals surface area contributed by atoms with Crippen LogP contribution in [-0.4, -0.2) is 5.11 Å². The van der Waals surface area contributed by atoms with Crippen LogP contribution in [0.3, 0.4) is 0 Å². The van der Waals surface area contributed by atoms with Crippen molar-refractivity contribution >= 4 is 37.8 Å². The number of aryl methyl sites for hydroxylation is 2. The normalized spacial score (nSPS) is 15.1. The van der Waals surface area contributed by atoms with E-state index in [0.717, 1.165) is 29.2 Å². The molecule has 144 valence electrons. The van der Waals surface area contributed by atoms with E-state index in [0.29, 0.717) is 5.75 Å². The molecule has 1 nitrogen and oxygen atoms in total. The van der Waals surface area contributed by atoms with Crippen molar-refractivity contribution in [2.45, 2.75) is 32.6 Å². The van der Waals surface area contributed by atoms with Crippen LogP contribution in [0.4, 0.5) is 0 Å². The average molecular weight is 397 g/mol. The Hall–Kier alpha value is -2.84. The number of phenols is 1. The molecule has 3 aromatic carbocycles. The van der Waals surface area contributed by atoms with E-state index >= 15 is 0 Å². The summed E-state index contributed by atoms with van der Waals surface area (Å²) >= 11 is 1.79. The van der Waals surface area contributed by atoms with E-state index in [9.17, 15) is 5.11 Å². The fourth-order valence-electron chi connectivity index (χ4n) is 4.61. The van der Waals surface area contributed by atoms with Gasteiger partial charge in [-0.25, -0.2) is 0 Å². The number of fused-ring (bicyclic) bond motifs is 5. The van der Waals surface area contributed by atoms with Crippen molar-refractivity contribution in [1.29, 1.82) is 0 Å². The molecule has 1 heterocycles. The third kappa shape index (κ3) is 3.38. The Morgan fingerprint density at radius 1 is 0.897 bits per heavy atom. The molecular formula is C27H24OS. The summed E-state index contributed by atoms with van der Waals surface area (Å²) in [4.78, 5) is 0. The van der Waals surface area contributed by atoms with Gasteiger partial charge < -0.3 is 5.11 Å². The molecule has 6 rings (SSSR count). The van der Waals surface area contributed by atoms with Crippen molar-refractivity contribution < 1.29 is 5.11 Å². The summed E-state index contributed by atoms with van der Waals surface area (Å²) in [7, 11) is 0. The number of aromatic hydroxyl groups is 1. The Labute approximate surface area is 175 Å². The number of benzene rings is 3. The lowest BCUT2D eigenvalue weighted by Gasteiger charge is -2.25. The lowest BCUT2D eigenvalue weighted by atomic mass is 9.79. The summed E-state index contributed by atoms with van der Waals surface area (Å²) in [5.74, 6) is 0.431. The summed E-state index contributed by atoms with van der Waals surface area (Å²) in [5.41, 5.74) is 6.76. The van der Waals surface area contributed by atoms with Gasteiger partial charge in [0.25, 0.3) is 0 Å². The summed E-state index contributed by atoms with van der Waals surface area (Å²) in [5, 5.41) is 16.0. The largest absolute Gasteiger partial charge is 0.507 e. The fourth-order valence-corrected chi connectivity index (χ4v) is 5.40. The third-order valence-corrected chi connectivity index (χ3v) is 6.85. The zero-order chi connectivity index (χ0) is 19.8. The molecule has 0 saturated carbocycles. The van der Waals surface area contributed by atoms with Crippen LogP contribution in [0.5, 0.6) is 5.75 Å². The van der Waals surface area contributed by atoms with Crippen LogP contribution in [0.1, 0.15) is 36.0 Å². The van der Waals surface area contributed by atoms with Gasteiger partial charge in [0.05, 0.1) is 0 Å². The average Bonchev–Trinajstić information content (AvgIpc) is 3.22. The van der Waals surface area contributed by atoms with E-state index in [2.05, 4.69) is 66.1 Å². The number of thiophene rings is 1. The van der Waals surface area contributed by atoms with Crippen molar-refractivity contribution in [1.82, 2.24) is 0 Å². The topological polar surface area (TPSA) is 20.2 Å². The van der Waals surface area contributed by atoms with Crippen molar-refractivity contribution in [3.8, 4) is 5.75 Å².